The van der Waals surface area contributed by atoms with Gasteiger partial charge in [-0.05, 0) is 42.5 Å². The molecular formula is C14H23N3. The van der Waals surface area contributed by atoms with Crippen molar-refractivity contribution < 1.29 is 0 Å². The van der Waals surface area contributed by atoms with Crippen LogP contribution >= 0.6 is 0 Å². The van der Waals surface area contributed by atoms with E-state index in [-0.39, 0.29) is 0 Å². The maximum absolute atomic E-state index is 6.07. The van der Waals surface area contributed by atoms with Crippen LogP contribution < -0.4 is 11.5 Å². The predicted octanol–water partition coefficient (Wildman–Crippen LogP) is 2.26. The van der Waals surface area contributed by atoms with E-state index in [4.69, 9.17) is 11.5 Å². The highest BCUT2D eigenvalue weighted by atomic mass is 15.1. The molecule has 1 aromatic rings. The Morgan fingerprint density at radius 3 is 2.76 bits per heavy atom. The van der Waals surface area contributed by atoms with Crippen LogP contribution in [-0.4, -0.2) is 18.0 Å². The Morgan fingerprint density at radius 1 is 1.29 bits per heavy atom. The average molecular weight is 233 g/mol. The molecule has 0 spiro atoms. The van der Waals surface area contributed by atoms with Crippen LogP contribution in [0.3, 0.4) is 0 Å². The van der Waals surface area contributed by atoms with E-state index in [1.54, 1.807) is 0 Å². The number of nitrogens with zero attached hydrogens (tertiary/aromatic N) is 1. The van der Waals surface area contributed by atoms with E-state index >= 15 is 0 Å². The number of hydrogen-bond donors (Lipinski definition) is 2. The molecule has 0 fully saturated rings. The Morgan fingerprint density at radius 2 is 2.06 bits per heavy atom. The molecule has 4 N–H and O–H groups in total. The Kier molecular flexibility index (Phi) is 3.57. The third kappa shape index (κ3) is 2.72. The monoisotopic (exact) mass is 233 g/mol. The molecule has 1 aliphatic rings. The summed E-state index contributed by atoms with van der Waals surface area (Å²) in [5.41, 5.74) is 16.1. The van der Waals surface area contributed by atoms with E-state index in [1.807, 2.05) is 6.07 Å². The van der Waals surface area contributed by atoms with E-state index in [9.17, 15) is 0 Å². The van der Waals surface area contributed by atoms with Crippen molar-refractivity contribution in [2.45, 2.75) is 33.2 Å². The first kappa shape index (κ1) is 12.2. The van der Waals surface area contributed by atoms with Crippen molar-refractivity contribution in [2.75, 3.05) is 24.6 Å². The van der Waals surface area contributed by atoms with Gasteiger partial charge in [-0.25, -0.2) is 0 Å². The van der Waals surface area contributed by atoms with E-state index in [0.717, 1.165) is 43.3 Å². The molecule has 0 aliphatic carbocycles. The number of anilines is 2. The van der Waals surface area contributed by atoms with Gasteiger partial charge in [-0.1, -0.05) is 19.9 Å². The van der Waals surface area contributed by atoms with Crippen LogP contribution in [0.2, 0.25) is 0 Å². The summed E-state index contributed by atoms with van der Waals surface area (Å²) in [4.78, 5) is 2.48. The van der Waals surface area contributed by atoms with Gasteiger partial charge in [0.05, 0.1) is 11.4 Å². The molecule has 0 unspecified atom stereocenters. The first-order valence-electron chi connectivity index (χ1n) is 6.46. The summed E-state index contributed by atoms with van der Waals surface area (Å²) in [5.74, 6) is 0.759. The second kappa shape index (κ2) is 4.96. The molecule has 3 heteroatoms. The smallest absolute Gasteiger partial charge is 0.0596 e. The molecule has 0 atom stereocenters. The molecule has 1 aliphatic heterocycles. The summed E-state index contributed by atoms with van der Waals surface area (Å²) >= 11 is 0. The highest BCUT2D eigenvalue weighted by Crippen LogP contribution is 2.29. The molecule has 2 rings (SSSR count). The number of nitrogens with two attached hydrogens (primary N) is 2. The maximum Gasteiger partial charge on any atom is 0.0596 e. The molecule has 1 aromatic carbocycles. The zero-order chi connectivity index (χ0) is 12.4. The molecule has 0 aromatic heterocycles. The van der Waals surface area contributed by atoms with Crippen LogP contribution in [0.25, 0.3) is 0 Å². The van der Waals surface area contributed by atoms with Gasteiger partial charge >= 0.3 is 0 Å². The van der Waals surface area contributed by atoms with Crippen LogP contribution in [-0.2, 0) is 13.0 Å². The second-order valence-electron chi connectivity index (χ2n) is 5.41. The molecule has 0 amide bonds. The van der Waals surface area contributed by atoms with Crippen LogP contribution in [0, 0.1) is 5.92 Å². The summed E-state index contributed by atoms with van der Waals surface area (Å²) in [6.45, 7) is 7.79. The topological polar surface area (TPSA) is 55.3 Å². The Labute approximate surface area is 104 Å². The van der Waals surface area contributed by atoms with Crippen molar-refractivity contribution >= 4 is 11.4 Å². The SMILES string of the molecule is CC(C)CCN1CCc2ccc(N)c(N)c2C1. The van der Waals surface area contributed by atoms with Crippen molar-refractivity contribution in [3.63, 3.8) is 0 Å². The number of benzene rings is 1. The first-order chi connectivity index (χ1) is 8.08. The quantitative estimate of drug-likeness (QED) is 0.787. The summed E-state index contributed by atoms with van der Waals surface area (Å²) < 4.78 is 0. The van der Waals surface area contributed by atoms with Gasteiger partial charge in [0.2, 0.25) is 0 Å². The van der Waals surface area contributed by atoms with Crippen molar-refractivity contribution in [2.24, 2.45) is 5.92 Å². The lowest BCUT2D eigenvalue weighted by atomic mass is 9.96. The Balaban J connectivity index is 2.09. The van der Waals surface area contributed by atoms with Gasteiger partial charge in [-0.2, -0.15) is 0 Å². The summed E-state index contributed by atoms with van der Waals surface area (Å²) in [6.07, 6.45) is 2.34. The van der Waals surface area contributed by atoms with Crippen LogP contribution in [0.4, 0.5) is 11.4 Å². The lowest BCUT2D eigenvalue weighted by molar-refractivity contribution is 0.240. The average Bonchev–Trinajstić information content (AvgIpc) is 2.31. The third-order valence-corrected chi connectivity index (χ3v) is 3.59. The van der Waals surface area contributed by atoms with Crippen molar-refractivity contribution in [1.29, 1.82) is 0 Å². The Hall–Kier alpha value is -1.22. The van der Waals surface area contributed by atoms with Crippen molar-refractivity contribution in [3.8, 4) is 0 Å². The summed E-state index contributed by atoms with van der Waals surface area (Å²) in [7, 11) is 0. The van der Waals surface area contributed by atoms with E-state index in [0.29, 0.717) is 0 Å². The van der Waals surface area contributed by atoms with Gasteiger partial charge in [0.1, 0.15) is 0 Å². The van der Waals surface area contributed by atoms with Gasteiger partial charge < -0.3 is 11.5 Å². The minimum absolute atomic E-state index is 0.717. The van der Waals surface area contributed by atoms with Crippen molar-refractivity contribution in [1.82, 2.24) is 4.90 Å². The van der Waals surface area contributed by atoms with Gasteiger partial charge in [0.15, 0.2) is 0 Å². The minimum atomic E-state index is 0.717. The van der Waals surface area contributed by atoms with Gasteiger partial charge in [0.25, 0.3) is 0 Å². The highest BCUT2D eigenvalue weighted by molar-refractivity contribution is 5.69. The third-order valence-electron chi connectivity index (χ3n) is 3.59. The lowest BCUT2D eigenvalue weighted by Crippen LogP contribution is -2.32. The zero-order valence-corrected chi connectivity index (χ0v) is 10.9. The van der Waals surface area contributed by atoms with Gasteiger partial charge in [-0.15, -0.1) is 0 Å². The first-order valence-corrected chi connectivity index (χ1v) is 6.46. The number of hydrogen-bond acceptors (Lipinski definition) is 3. The molecule has 3 nitrogen and oxygen atoms in total. The number of fused-ring (bicyclic) bond motifs is 1. The molecule has 0 radical (unpaired) electrons. The molecular weight excluding hydrogens is 210 g/mol. The highest BCUT2D eigenvalue weighted by Gasteiger charge is 2.19. The van der Waals surface area contributed by atoms with E-state index < -0.39 is 0 Å². The Bertz CT molecular complexity index is 399. The molecule has 17 heavy (non-hydrogen) atoms. The fourth-order valence-electron chi connectivity index (χ4n) is 2.36. The molecule has 1 heterocycles. The maximum atomic E-state index is 6.07. The van der Waals surface area contributed by atoms with E-state index in [2.05, 4.69) is 24.8 Å². The molecule has 94 valence electrons. The predicted molar refractivity (Wildman–Crippen MR) is 73.7 cm³/mol. The van der Waals surface area contributed by atoms with Crippen LogP contribution in [0.5, 0.6) is 0 Å². The fraction of sp³-hybridized carbons (Fsp3) is 0.571. The largest absolute Gasteiger partial charge is 0.397 e. The molecule has 0 saturated carbocycles. The second-order valence-corrected chi connectivity index (χ2v) is 5.41. The van der Waals surface area contributed by atoms with Gasteiger partial charge in [0, 0.05) is 13.1 Å². The summed E-state index contributed by atoms with van der Waals surface area (Å²) in [6, 6.07) is 4.05. The van der Waals surface area contributed by atoms with Crippen LogP contribution in [0.1, 0.15) is 31.4 Å². The van der Waals surface area contributed by atoms with Gasteiger partial charge in [-0.3, -0.25) is 4.90 Å². The standard InChI is InChI=1S/C14H23N3/c1-10(2)5-7-17-8-6-11-3-4-13(15)14(16)12(11)9-17/h3-4,10H,5-9,15-16H2,1-2H3. The number of rotatable bonds is 3. The minimum Gasteiger partial charge on any atom is -0.397 e. The normalized spacial score (nSPS) is 16.2. The van der Waals surface area contributed by atoms with Crippen molar-refractivity contribution in [3.05, 3.63) is 23.3 Å². The van der Waals surface area contributed by atoms with Crippen LogP contribution in [0.15, 0.2) is 12.1 Å². The fourth-order valence-corrected chi connectivity index (χ4v) is 2.36. The lowest BCUT2D eigenvalue weighted by Gasteiger charge is -2.30. The number of nitrogen functional groups attached to an aromatic ring is 2. The van der Waals surface area contributed by atoms with E-state index in [1.165, 1.54) is 17.5 Å². The molecule has 0 saturated heterocycles. The summed E-state index contributed by atoms with van der Waals surface area (Å²) in [5, 5.41) is 0. The molecule has 0 bridgehead atoms. The zero-order valence-electron chi connectivity index (χ0n) is 10.9.